The third-order valence-electron chi connectivity index (χ3n) is 7.99. The second-order valence-corrected chi connectivity index (χ2v) is 10.4. The van der Waals surface area contributed by atoms with Gasteiger partial charge < -0.3 is 9.47 Å². The molecule has 3 heteroatoms. The molecular weight excluding hydrogens is 324 g/mol. The molecule has 26 heavy (non-hydrogen) atoms. The van der Waals surface area contributed by atoms with Crippen molar-refractivity contribution >= 4 is 5.78 Å². The Bertz CT molecular complexity index is 703. The Labute approximate surface area is 157 Å². The standard InChI is InChI=1S/C23H32O3/c1-21(2)13-25-23(26-14-21)11-9-16-15(12-23)4-5-18-17(16)8-10-22(3)19(18)6-7-20(22)24/h8,18-19H,4-7,9-14H2,1-3H3/t18-,19+,22-/m0/s1. The van der Waals surface area contributed by atoms with Crippen LogP contribution in [0.4, 0.5) is 0 Å². The molecule has 5 rings (SSSR count). The Kier molecular flexibility index (Phi) is 3.66. The number of allylic oxidation sites excluding steroid dienone is 3. The Morgan fingerprint density at radius 2 is 1.81 bits per heavy atom. The van der Waals surface area contributed by atoms with Crippen LogP contribution in [-0.4, -0.2) is 24.8 Å². The lowest BCUT2D eigenvalue weighted by Gasteiger charge is -2.50. The molecule has 3 atom stereocenters. The van der Waals surface area contributed by atoms with Crippen LogP contribution in [0.1, 0.15) is 72.1 Å². The first kappa shape index (κ1) is 17.2. The van der Waals surface area contributed by atoms with E-state index in [2.05, 4.69) is 26.8 Å². The van der Waals surface area contributed by atoms with Crippen LogP contribution in [0.25, 0.3) is 0 Å². The number of carbonyl (C=O) groups excluding carboxylic acids is 1. The largest absolute Gasteiger partial charge is 0.349 e. The molecule has 1 saturated carbocycles. The van der Waals surface area contributed by atoms with E-state index >= 15 is 0 Å². The van der Waals surface area contributed by atoms with Crippen LogP contribution in [0.5, 0.6) is 0 Å². The molecule has 1 saturated heterocycles. The molecule has 0 radical (unpaired) electrons. The summed E-state index contributed by atoms with van der Waals surface area (Å²) in [4.78, 5) is 12.5. The molecule has 0 amide bonds. The van der Waals surface area contributed by atoms with E-state index < -0.39 is 0 Å². The third kappa shape index (κ3) is 2.43. The van der Waals surface area contributed by atoms with Gasteiger partial charge in [-0.25, -0.2) is 0 Å². The minimum Gasteiger partial charge on any atom is -0.349 e. The molecule has 5 aliphatic rings. The van der Waals surface area contributed by atoms with Crippen LogP contribution in [-0.2, 0) is 14.3 Å². The van der Waals surface area contributed by atoms with E-state index in [1.54, 1.807) is 16.7 Å². The quantitative estimate of drug-likeness (QED) is 0.615. The van der Waals surface area contributed by atoms with E-state index in [9.17, 15) is 4.79 Å². The van der Waals surface area contributed by atoms with Crippen molar-refractivity contribution in [3.8, 4) is 0 Å². The summed E-state index contributed by atoms with van der Waals surface area (Å²) in [5.41, 5.74) is 4.82. The summed E-state index contributed by atoms with van der Waals surface area (Å²) < 4.78 is 12.6. The number of ether oxygens (including phenoxy) is 2. The van der Waals surface area contributed by atoms with E-state index in [0.29, 0.717) is 17.6 Å². The van der Waals surface area contributed by atoms with Crippen LogP contribution in [0.2, 0.25) is 0 Å². The molecule has 0 bridgehead atoms. The molecule has 142 valence electrons. The fraction of sp³-hybridized carbons (Fsp3) is 0.783. The molecule has 3 nitrogen and oxygen atoms in total. The van der Waals surface area contributed by atoms with Crippen molar-refractivity contribution in [3.63, 3.8) is 0 Å². The van der Waals surface area contributed by atoms with E-state index in [1.807, 2.05) is 0 Å². The number of fused-ring (bicyclic) bond motifs is 4. The van der Waals surface area contributed by atoms with E-state index in [4.69, 9.17) is 9.47 Å². The van der Waals surface area contributed by atoms with Gasteiger partial charge in [0.25, 0.3) is 0 Å². The average Bonchev–Trinajstić information content (AvgIpc) is 2.93. The van der Waals surface area contributed by atoms with Gasteiger partial charge in [-0.2, -0.15) is 0 Å². The van der Waals surface area contributed by atoms with Gasteiger partial charge in [-0.05, 0) is 55.1 Å². The fourth-order valence-corrected chi connectivity index (χ4v) is 6.32. The first-order valence-corrected chi connectivity index (χ1v) is 10.5. The van der Waals surface area contributed by atoms with Crippen molar-refractivity contribution in [1.82, 2.24) is 0 Å². The molecule has 2 fully saturated rings. The molecule has 0 aromatic rings. The highest BCUT2D eigenvalue weighted by Gasteiger charge is 2.53. The van der Waals surface area contributed by atoms with Gasteiger partial charge in [0.1, 0.15) is 5.78 Å². The van der Waals surface area contributed by atoms with E-state index in [0.717, 1.165) is 58.2 Å². The Morgan fingerprint density at radius 3 is 2.58 bits per heavy atom. The maximum atomic E-state index is 12.5. The highest BCUT2D eigenvalue weighted by molar-refractivity contribution is 5.87. The monoisotopic (exact) mass is 356 g/mol. The van der Waals surface area contributed by atoms with Crippen LogP contribution >= 0.6 is 0 Å². The van der Waals surface area contributed by atoms with Crippen LogP contribution in [0, 0.1) is 22.7 Å². The maximum Gasteiger partial charge on any atom is 0.172 e. The van der Waals surface area contributed by atoms with Crippen molar-refractivity contribution in [2.45, 2.75) is 77.9 Å². The van der Waals surface area contributed by atoms with Crippen LogP contribution < -0.4 is 0 Å². The minimum atomic E-state index is -0.367. The van der Waals surface area contributed by atoms with Gasteiger partial charge in [0, 0.05) is 30.1 Å². The molecule has 0 N–H and O–H groups in total. The lowest BCUT2D eigenvalue weighted by molar-refractivity contribution is -0.302. The summed E-state index contributed by atoms with van der Waals surface area (Å²) >= 11 is 0. The Morgan fingerprint density at radius 1 is 1.04 bits per heavy atom. The number of rotatable bonds is 0. The van der Waals surface area contributed by atoms with Crippen molar-refractivity contribution < 1.29 is 14.3 Å². The fourth-order valence-electron chi connectivity index (χ4n) is 6.32. The van der Waals surface area contributed by atoms with Gasteiger partial charge >= 0.3 is 0 Å². The van der Waals surface area contributed by atoms with Crippen molar-refractivity contribution in [1.29, 1.82) is 0 Å². The van der Waals surface area contributed by atoms with Crippen molar-refractivity contribution in [3.05, 3.63) is 22.8 Å². The lowest BCUT2D eigenvalue weighted by Crippen LogP contribution is -2.49. The van der Waals surface area contributed by atoms with Gasteiger partial charge in [-0.3, -0.25) is 4.79 Å². The Hall–Kier alpha value is -0.930. The van der Waals surface area contributed by atoms with Crippen LogP contribution in [0.3, 0.4) is 0 Å². The number of hydrogen-bond acceptors (Lipinski definition) is 3. The van der Waals surface area contributed by atoms with Crippen LogP contribution in [0.15, 0.2) is 22.8 Å². The number of Topliss-reactive ketones (excluding diaryl/α,β-unsaturated/α-hetero) is 1. The summed E-state index contributed by atoms with van der Waals surface area (Å²) in [5, 5.41) is 0. The highest BCUT2D eigenvalue weighted by atomic mass is 16.7. The van der Waals surface area contributed by atoms with Crippen molar-refractivity contribution in [2.24, 2.45) is 22.7 Å². The number of hydrogen-bond donors (Lipinski definition) is 0. The predicted molar refractivity (Wildman–Crippen MR) is 101 cm³/mol. The average molecular weight is 357 g/mol. The Balaban J connectivity index is 1.42. The van der Waals surface area contributed by atoms with Gasteiger partial charge in [-0.15, -0.1) is 0 Å². The lowest BCUT2D eigenvalue weighted by atomic mass is 9.58. The molecule has 0 unspecified atom stereocenters. The zero-order valence-electron chi connectivity index (χ0n) is 16.5. The third-order valence-corrected chi connectivity index (χ3v) is 7.99. The maximum absolute atomic E-state index is 12.5. The second kappa shape index (κ2) is 5.54. The first-order valence-electron chi connectivity index (χ1n) is 10.5. The van der Waals surface area contributed by atoms with Crippen molar-refractivity contribution in [2.75, 3.05) is 13.2 Å². The highest BCUT2D eigenvalue weighted by Crippen LogP contribution is 2.58. The summed E-state index contributed by atoms with van der Waals surface area (Å²) in [5.74, 6) is 1.32. The van der Waals surface area contributed by atoms with E-state index in [1.165, 1.54) is 6.42 Å². The second-order valence-electron chi connectivity index (χ2n) is 10.4. The number of carbonyl (C=O) groups is 1. The van der Waals surface area contributed by atoms with Gasteiger partial charge in [0.05, 0.1) is 13.2 Å². The normalized spacial score (nSPS) is 40.7. The molecular formula is C23H32O3. The molecule has 1 spiro atoms. The minimum absolute atomic E-state index is 0.0801. The molecule has 0 aromatic heterocycles. The predicted octanol–water partition coefficient (Wildman–Crippen LogP) is 4.96. The van der Waals surface area contributed by atoms with E-state index in [-0.39, 0.29) is 16.6 Å². The molecule has 0 aromatic carbocycles. The molecule has 1 heterocycles. The molecule has 1 aliphatic heterocycles. The zero-order chi connectivity index (χ0) is 18.2. The van der Waals surface area contributed by atoms with Gasteiger partial charge in [0.2, 0.25) is 0 Å². The van der Waals surface area contributed by atoms with Gasteiger partial charge in [0.15, 0.2) is 5.79 Å². The molecule has 4 aliphatic carbocycles. The van der Waals surface area contributed by atoms with Gasteiger partial charge in [-0.1, -0.05) is 32.4 Å². The SMILES string of the molecule is CC1(C)COC2(CCC3=C(CC[C@H]4C3=CC[C@]3(C)C(=O)CC[C@H]43)C2)OC1. The number of ketones is 1. The summed E-state index contributed by atoms with van der Waals surface area (Å²) in [6.45, 7) is 8.25. The zero-order valence-corrected chi connectivity index (χ0v) is 16.5. The first-order chi connectivity index (χ1) is 12.3. The summed E-state index contributed by atoms with van der Waals surface area (Å²) in [7, 11) is 0. The summed E-state index contributed by atoms with van der Waals surface area (Å²) in [6, 6.07) is 0. The summed E-state index contributed by atoms with van der Waals surface area (Å²) in [6.07, 6.45) is 10.7. The topological polar surface area (TPSA) is 35.5 Å². The smallest absolute Gasteiger partial charge is 0.172 e.